The minimum Gasteiger partial charge on any atom is -0.458 e. The Morgan fingerprint density at radius 2 is 2.11 bits per heavy atom. The molecule has 18 heavy (non-hydrogen) atoms. The summed E-state index contributed by atoms with van der Waals surface area (Å²) < 4.78 is 19.5. The molecule has 0 amide bonds. The predicted octanol–water partition coefficient (Wildman–Crippen LogP) is 4.48. The summed E-state index contributed by atoms with van der Waals surface area (Å²) in [5.41, 5.74) is 0.570. The monoisotopic (exact) mass is 326 g/mol. The van der Waals surface area contributed by atoms with E-state index >= 15 is 0 Å². The Morgan fingerprint density at radius 3 is 2.83 bits per heavy atom. The van der Waals surface area contributed by atoms with Crippen molar-refractivity contribution in [3.05, 3.63) is 56.6 Å². The summed E-state index contributed by atoms with van der Waals surface area (Å²) in [5, 5.41) is 12.7. The number of fused-ring (bicyclic) bond motifs is 1. The van der Waals surface area contributed by atoms with Gasteiger partial charge in [-0.3, -0.25) is 0 Å². The minimum absolute atomic E-state index is 0.316. The van der Waals surface area contributed by atoms with Gasteiger partial charge in [0.2, 0.25) is 0 Å². The number of hydrogen-bond donors (Lipinski definition) is 1. The summed E-state index contributed by atoms with van der Waals surface area (Å²) >= 11 is 4.77. The van der Waals surface area contributed by atoms with Crippen molar-refractivity contribution < 1.29 is 13.9 Å². The van der Waals surface area contributed by atoms with Crippen LogP contribution in [0.1, 0.15) is 16.7 Å². The van der Waals surface area contributed by atoms with Crippen LogP contribution in [0.15, 0.2) is 44.6 Å². The molecule has 2 heterocycles. The highest BCUT2D eigenvalue weighted by atomic mass is 79.9. The van der Waals surface area contributed by atoms with Crippen molar-refractivity contribution in [2.45, 2.75) is 6.10 Å². The van der Waals surface area contributed by atoms with Crippen molar-refractivity contribution in [2.75, 3.05) is 0 Å². The fourth-order valence-corrected chi connectivity index (χ4v) is 3.22. The maximum absolute atomic E-state index is 13.1. The number of aliphatic hydroxyl groups excluding tert-OH is 1. The Bertz CT molecular complexity index is 704. The first-order valence-corrected chi connectivity index (χ1v) is 6.92. The number of furan rings is 1. The molecule has 2 nitrogen and oxygen atoms in total. The highest BCUT2D eigenvalue weighted by Crippen LogP contribution is 2.33. The maximum Gasteiger partial charge on any atom is 0.146 e. The summed E-state index contributed by atoms with van der Waals surface area (Å²) in [6.45, 7) is 0. The fraction of sp³-hybridized carbons (Fsp3) is 0.0769. The van der Waals surface area contributed by atoms with E-state index in [1.165, 1.54) is 23.5 Å². The van der Waals surface area contributed by atoms with Gasteiger partial charge in [-0.15, -0.1) is 11.3 Å². The van der Waals surface area contributed by atoms with Crippen LogP contribution in [-0.2, 0) is 0 Å². The standard InChI is InChI=1S/C13H8BrFO2S/c14-8-5-12(18-6-8)13(16)11-4-7-3-9(15)1-2-10(7)17-11/h1-6,13,16H. The lowest BCUT2D eigenvalue weighted by atomic mass is 10.2. The molecule has 5 heteroatoms. The number of thiophene rings is 1. The Hall–Kier alpha value is -1.17. The van der Waals surface area contributed by atoms with Crippen LogP contribution in [0.2, 0.25) is 0 Å². The lowest BCUT2D eigenvalue weighted by Crippen LogP contribution is -1.93. The molecule has 3 rings (SSSR count). The Labute approximate surface area is 115 Å². The molecule has 1 N–H and O–H groups in total. The molecule has 0 spiro atoms. The number of aliphatic hydroxyl groups is 1. The summed E-state index contributed by atoms with van der Waals surface area (Å²) in [4.78, 5) is 0.779. The van der Waals surface area contributed by atoms with Crippen LogP contribution in [0, 0.1) is 5.82 Å². The summed E-state index contributed by atoms with van der Waals surface area (Å²) in [6, 6.07) is 7.79. The highest BCUT2D eigenvalue weighted by molar-refractivity contribution is 9.10. The van der Waals surface area contributed by atoms with Crippen molar-refractivity contribution in [3.63, 3.8) is 0 Å². The van der Waals surface area contributed by atoms with Gasteiger partial charge in [0, 0.05) is 20.1 Å². The van der Waals surface area contributed by atoms with Crippen LogP contribution in [-0.4, -0.2) is 5.11 Å². The van der Waals surface area contributed by atoms with E-state index in [0.29, 0.717) is 16.7 Å². The first-order valence-electron chi connectivity index (χ1n) is 5.24. The largest absolute Gasteiger partial charge is 0.458 e. The summed E-state index contributed by atoms with van der Waals surface area (Å²) in [5.74, 6) is 0.105. The SMILES string of the molecule is OC(c1cc2cc(F)ccc2o1)c1cc(Br)cs1. The van der Waals surface area contributed by atoms with Crippen LogP contribution in [0.5, 0.6) is 0 Å². The Kier molecular flexibility index (Phi) is 2.97. The smallest absolute Gasteiger partial charge is 0.146 e. The van der Waals surface area contributed by atoms with Gasteiger partial charge >= 0.3 is 0 Å². The normalized spacial score (nSPS) is 13.1. The fourth-order valence-electron chi connectivity index (χ4n) is 1.78. The van der Waals surface area contributed by atoms with Gasteiger partial charge in [-0.1, -0.05) is 0 Å². The maximum atomic E-state index is 13.1. The molecule has 2 aromatic heterocycles. The van der Waals surface area contributed by atoms with Gasteiger partial charge in [0.1, 0.15) is 23.3 Å². The number of halogens is 2. The minimum atomic E-state index is -0.822. The van der Waals surface area contributed by atoms with Crippen molar-refractivity contribution >= 4 is 38.2 Å². The zero-order valence-electron chi connectivity index (χ0n) is 9.06. The van der Waals surface area contributed by atoms with E-state index in [9.17, 15) is 9.50 Å². The van der Waals surface area contributed by atoms with E-state index < -0.39 is 6.10 Å². The molecule has 0 aliphatic carbocycles. The number of benzene rings is 1. The summed E-state index contributed by atoms with van der Waals surface area (Å²) in [7, 11) is 0. The van der Waals surface area contributed by atoms with Gasteiger partial charge in [0.15, 0.2) is 0 Å². The van der Waals surface area contributed by atoms with Crippen LogP contribution in [0.3, 0.4) is 0 Å². The van der Waals surface area contributed by atoms with E-state index in [0.717, 1.165) is 9.35 Å². The van der Waals surface area contributed by atoms with E-state index in [1.807, 2.05) is 11.4 Å². The van der Waals surface area contributed by atoms with Crippen LogP contribution >= 0.6 is 27.3 Å². The second-order valence-corrected chi connectivity index (χ2v) is 5.76. The molecule has 1 aromatic carbocycles. The van der Waals surface area contributed by atoms with Gasteiger partial charge in [-0.05, 0) is 46.3 Å². The third-order valence-corrected chi connectivity index (χ3v) is 4.37. The highest BCUT2D eigenvalue weighted by Gasteiger charge is 2.17. The van der Waals surface area contributed by atoms with Crippen LogP contribution < -0.4 is 0 Å². The van der Waals surface area contributed by atoms with Gasteiger partial charge in [-0.25, -0.2) is 4.39 Å². The predicted molar refractivity (Wildman–Crippen MR) is 72.3 cm³/mol. The molecule has 0 bridgehead atoms. The topological polar surface area (TPSA) is 33.4 Å². The average Bonchev–Trinajstić information content (AvgIpc) is 2.93. The molecular weight excluding hydrogens is 319 g/mol. The van der Waals surface area contributed by atoms with E-state index in [2.05, 4.69) is 15.9 Å². The molecule has 1 unspecified atom stereocenters. The molecular formula is C13H8BrFO2S. The quantitative estimate of drug-likeness (QED) is 0.753. The molecule has 0 fully saturated rings. The molecule has 3 aromatic rings. The van der Waals surface area contributed by atoms with Crippen LogP contribution in [0.4, 0.5) is 4.39 Å². The molecule has 0 saturated carbocycles. The second-order valence-electron chi connectivity index (χ2n) is 3.90. The van der Waals surface area contributed by atoms with Gasteiger partial charge < -0.3 is 9.52 Å². The zero-order chi connectivity index (χ0) is 12.7. The molecule has 0 radical (unpaired) electrons. The molecule has 0 aliphatic rings. The van der Waals surface area contributed by atoms with Crippen molar-refractivity contribution in [1.29, 1.82) is 0 Å². The lowest BCUT2D eigenvalue weighted by Gasteiger charge is -2.03. The van der Waals surface area contributed by atoms with Crippen LogP contribution in [0.25, 0.3) is 11.0 Å². The molecule has 92 valence electrons. The number of rotatable bonds is 2. The molecule has 1 atom stereocenters. The molecule has 0 saturated heterocycles. The van der Waals surface area contributed by atoms with Crippen molar-refractivity contribution in [3.8, 4) is 0 Å². The van der Waals surface area contributed by atoms with E-state index in [1.54, 1.807) is 12.1 Å². The van der Waals surface area contributed by atoms with Gasteiger partial charge in [0.05, 0.1) is 0 Å². The molecule has 0 aliphatic heterocycles. The number of hydrogen-bond acceptors (Lipinski definition) is 3. The lowest BCUT2D eigenvalue weighted by molar-refractivity contribution is 0.196. The zero-order valence-corrected chi connectivity index (χ0v) is 11.5. The third kappa shape index (κ3) is 2.09. The summed E-state index contributed by atoms with van der Waals surface area (Å²) in [6.07, 6.45) is -0.822. The second kappa shape index (κ2) is 4.50. The Balaban J connectivity index is 2.03. The van der Waals surface area contributed by atoms with Crippen molar-refractivity contribution in [2.24, 2.45) is 0 Å². The third-order valence-electron chi connectivity index (χ3n) is 2.62. The van der Waals surface area contributed by atoms with Gasteiger partial charge in [0.25, 0.3) is 0 Å². The van der Waals surface area contributed by atoms with Crippen molar-refractivity contribution in [1.82, 2.24) is 0 Å². The average molecular weight is 327 g/mol. The van der Waals surface area contributed by atoms with Gasteiger partial charge in [-0.2, -0.15) is 0 Å². The van der Waals surface area contributed by atoms with E-state index in [4.69, 9.17) is 4.42 Å². The Morgan fingerprint density at radius 1 is 1.28 bits per heavy atom. The first kappa shape index (κ1) is 11.9. The van der Waals surface area contributed by atoms with E-state index in [-0.39, 0.29) is 5.82 Å². The first-order chi connectivity index (χ1) is 8.63.